The molecular formula is C18H28N4O. The van der Waals surface area contributed by atoms with E-state index in [1.54, 1.807) is 6.33 Å². The number of aromatic nitrogens is 2. The van der Waals surface area contributed by atoms with Crippen molar-refractivity contribution in [1.82, 2.24) is 9.97 Å². The largest absolute Gasteiger partial charge is 0.394 e. The number of nitrogens with zero attached hydrogens (tertiary/aromatic N) is 3. The summed E-state index contributed by atoms with van der Waals surface area (Å²) in [7, 11) is 0. The molecule has 3 fully saturated rings. The SMILES string of the molecule is OC[C@H]1CCCN1c1cc(NCC[C@H]2C[C@H]3CC[C@H]2C3)ncn1. The molecule has 1 aromatic rings. The standard InChI is InChI=1S/C18H28N4O/c23-11-16-2-1-7-22(16)18-10-17(20-12-21-18)19-6-5-15-9-13-3-4-14(15)8-13/h10,12-16,23H,1-9,11H2,(H,19,20,21)/t13-,14-,15-,16+/m0/s1. The van der Waals surface area contributed by atoms with Gasteiger partial charge in [-0.2, -0.15) is 0 Å². The molecule has 5 nitrogen and oxygen atoms in total. The first-order valence-electron chi connectivity index (χ1n) is 9.27. The fourth-order valence-electron chi connectivity index (χ4n) is 5.04. The zero-order valence-electron chi connectivity index (χ0n) is 13.8. The van der Waals surface area contributed by atoms with E-state index in [4.69, 9.17) is 0 Å². The molecule has 0 spiro atoms. The fourth-order valence-corrected chi connectivity index (χ4v) is 5.04. The molecule has 2 heterocycles. The highest BCUT2D eigenvalue weighted by molar-refractivity contribution is 5.49. The second-order valence-electron chi connectivity index (χ2n) is 7.58. The normalized spacial score (nSPS) is 32.7. The average Bonchev–Trinajstić information content (AvgIpc) is 3.31. The molecule has 0 radical (unpaired) electrons. The van der Waals surface area contributed by atoms with Crippen molar-refractivity contribution < 1.29 is 5.11 Å². The highest BCUT2D eigenvalue weighted by Gasteiger charge is 2.38. The second-order valence-corrected chi connectivity index (χ2v) is 7.58. The Morgan fingerprint density at radius 2 is 2.17 bits per heavy atom. The number of anilines is 2. The maximum absolute atomic E-state index is 9.48. The van der Waals surface area contributed by atoms with E-state index in [-0.39, 0.29) is 12.6 Å². The zero-order chi connectivity index (χ0) is 15.6. The molecule has 2 N–H and O–H groups in total. The predicted octanol–water partition coefficient (Wildman–Crippen LogP) is 2.68. The molecule has 2 bridgehead atoms. The molecule has 4 rings (SSSR count). The van der Waals surface area contributed by atoms with Gasteiger partial charge in [-0.25, -0.2) is 9.97 Å². The van der Waals surface area contributed by atoms with Crippen LogP contribution in [0, 0.1) is 17.8 Å². The first kappa shape index (κ1) is 15.2. The van der Waals surface area contributed by atoms with Crippen molar-refractivity contribution in [3.63, 3.8) is 0 Å². The van der Waals surface area contributed by atoms with E-state index < -0.39 is 0 Å². The summed E-state index contributed by atoms with van der Waals surface area (Å²) in [5.74, 6) is 4.82. The summed E-state index contributed by atoms with van der Waals surface area (Å²) < 4.78 is 0. The van der Waals surface area contributed by atoms with Gasteiger partial charge >= 0.3 is 0 Å². The quantitative estimate of drug-likeness (QED) is 0.845. The Balaban J connectivity index is 1.32. The molecule has 2 saturated carbocycles. The Hall–Kier alpha value is -1.36. The lowest BCUT2D eigenvalue weighted by Gasteiger charge is -2.24. The van der Waals surface area contributed by atoms with Crippen molar-refractivity contribution in [2.24, 2.45) is 17.8 Å². The number of fused-ring (bicyclic) bond motifs is 2. The average molecular weight is 316 g/mol. The lowest BCUT2D eigenvalue weighted by Crippen LogP contribution is -2.32. The Morgan fingerprint density at radius 3 is 2.96 bits per heavy atom. The van der Waals surface area contributed by atoms with Gasteiger partial charge in [0.25, 0.3) is 0 Å². The molecule has 3 aliphatic rings. The van der Waals surface area contributed by atoms with Crippen LogP contribution in [-0.2, 0) is 0 Å². The number of rotatable bonds is 6. The molecule has 1 saturated heterocycles. The maximum atomic E-state index is 9.48. The minimum absolute atomic E-state index is 0.205. The van der Waals surface area contributed by atoms with Crippen molar-refractivity contribution in [1.29, 1.82) is 0 Å². The van der Waals surface area contributed by atoms with Crippen LogP contribution in [0.3, 0.4) is 0 Å². The van der Waals surface area contributed by atoms with Gasteiger partial charge in [0, 0.05) is 19.2 Å². The molecule has 23 heavy (non-hydrogen) atoms. The van der Waals surface area contributed by atoms with Crippen LogP contribution in [0.25, 0.3) is 0 Å². The lowest BCUT2D eigenvalue weighted by molar-refractivity contribution is 0.266. The molecule has 1 aromatic heterocycles. The van der Waals surface area contributed by atoms with Gasteiger partial charge in [-0.3, -0.25) is 0 Å². The third kappa shape index (κ3) is 3.16. The number of aliphatic hydroxyl groups excluding tert-OH is 1. The van der Waals surface area contributed by atoms with E-state index in [9.17, 15) is 5.11 Å². The predicted molar refractivity (Wildman–Crippen MR) is 91.5 cm³/mol. The number of hydrogen-bond donors (Lipinski definition) is 2. The van der Waals surface area contributed by atoms with Gasteiger partial charge < -0.3 is 15.3 Å². The Labute approximate surface area is 138 Å². The maximum Gasteiger partial charge on any atom is 0.134 e. The first-order chi connectivity index (χ1) is 11.3. The van der Waals surface area contributed by atoms with Crippen molar-refractivity contribution in [2.75, 3.05) is 29.9 Å². The van der Waals surface area contributed by atoms with E-state index in [1.807, 2.05) is 6.07 Å². The van der Waals surface area contributed by atoms with Gasteiger partial charge in [-0.1, -0.05) is 6.42 Å². The summed E-state index contributed by atoms with van der Waals surface area (Å²) in [4.78, 5) is 11.0. The van der Waals surface area contributed by atoms with Crippen LogP contribution < -0.4 is 10.2 Å². The van der Waals surface area contributed by atoms with Gasteiger partial charge in [0.15, 0.2) is 0 Å². The molecule has 4 atom stereocenters. The first-order valence-corrected chi connectivity index (χ1v) is 9.27. The van der Waals surface area contributed by atoms with E-state index in [0.717, 1.165) is 55.3 Å². The molecule has 126 valence electrons. The van der Waals surface area contributed by atoms with Crippen molar-refractivity contribution in [3.8, 4) is 0 Å². The molecule has 0 aromatic carbocycles. The van der Waals surface area contributed by atoms with Crippen LogP contribution in [0.5, 0.6) is 0 Å². The molecular weight excluding hydrogens is 288 g/mol. The summed E-state index contributed by atoms with van der Waals surface area (Å²) in [6.45, 7) is 2.19. The van der Waals surface area contributed by atoms with Crippen molar-refractivity contribution in [3.05, 3.63) is 12.4 Å². The molecule has 2 aliphatic carbocycles. The van der Waals surface area contributed by atoms with E-state index in [2.05, 4.69) is 20.2 Å². The minimum atomic E-state index is 0.205. The van der Waals surface area contributed by atoms with Crippen LogP contribution in [0.15, 0.2) is 12.4 Å². The summed E-state index contributed by atoms with van der Waals surface area (Å²) in [6, 6.07) is 2.25. The summed E-state index contributed by atoms with van der Waals surface area (Å²) in [6.07, 6.45) is 11.0. The number of nitrogens with one attached hydrogen (secondary N) is 1. The zero-order valence-corrected chi connectivity index (χ0v) is 13.8. The summed E-state index contributed by atoms with van der Waals surface area (Å²) in [5.41, 5.74) is 0. The van der Waals surface area contributed by atoms with Crippen LogP contribution in [0.2, 0.25) is 0 Å². The third-order valence-corrected chi connectivity index (χ3v) is 6.24. The minimum Gasteiger partial charge on any atom is -0.394 e. The van der Waals surface area contributed by atoms with Gasteiger partial charge in [0.05, 0.1) is 12.6 Å². The summed E-state index contributed by atoms with van der Waals surface area (Å²) >= 11 is 0. The van der Waals surface area contributed by atoms with Crippen LogP contribution in [-0.4, -0.2) is 40.8 Å². The number of hydrogen-bond acceptors (Lipinski definition) is 5. The topological polar surface area (TPSA) is 61.3 Å². The van der Waals surface area contributed by atoms with Crippen LogP contribution >= 0.6 is 0 Å². The van der Waals surface area contributed by atoms with Gasteiger partial charge in [-0.15, -0.1) is 0 Å². The fraction of sp³-hybridized carbons (Fsp3) is 0.778. The van der Waals surface area contributed by atoms with E-state index in [0.29, 0.717) is 0 Å². The van der Waals surface area contributed by atoms with Crippen molar-refractivity contribution >= 4 is 11.6 Å². The lowest BCUT2D eigenvalue weighted by atomic mass is 9.86. The Kier molecular flexibility index (Phi) is 4.38. The van der Waals surface area contributed by atoms with Gasteiger partial charge in [0.2, 0.25) is 0 Å². The van der Waals surface area contributed by atoms with Crippen molar-refractivity contribution in [2.45, 2.75) is 51.0 Å². The Bertz CT molecular complexity index is 538. The highest BCUT2D eigenvalue weighted by atomic mass is 16.3. The van der Waals surface area contributed by atoms with Crippen LogP contribution in [0.4, 0.5) is 11.6 Å². The van der Waals surface area contributed by atoms with Crippen LogP contribution in [0.1, 0.15) is 44.9 Å². The second kappa shape index (κ2) is 6.63. The van der Waals surface area contributed by atoms with Gasteiger partial charge in [-0.05, 0) is 56.3 Å². The van der Waals surface area contributed by atoms with E-state index in [1.165, 1.54) is 32.1 Å². The molecule has 0 amide bonds. The third-order valence-electron chi connectivity index (χ3n) is 6.24. The van der Waals surface area contributed by atoms with E-state index >= 15 is 0 Å². The molecule has 5 heteroatoms. The molecule has 0 unspecified atom stereocenters. The monoisotopic (exact) mass is 316 g/mol. The smallest absolute Gasteiger partial charge is 0.134 e. The Morgan fingerprint density at radius 1 is 1.22 bits per heavy atom. The molecule has 1 aliphatic heterocycles. The summed E-state index contributed by atoms with van der Waals surface area (Å²) in [5, 5.41) is 13.0. The highest BCUT2D eigenvalue weighted by Crippen LogP contribution is 2.49. The number of aliphatic hydroxyl groups is 1. The van der Waals surface area contributed by atoms with Gasteiger partial charge in [0.1, 0.15) is 18.0 Å².